The fraction of sp³-hybridized carbons (Fsp3) is 0.333. The van der Waals surface area contributed by atoms with Crippen LogP contribution >= 0.6 is 23.4 Å². The molecule has 4 nitrogen and oxygen atoms in total. The molecule has 2 aromatic carbocycles. The van der Waals surface area contributed by atoms with Crippen LogP contribution < -0.4 is 10.6 Å². The maximum absolute atomic E-state index is 11.9. The Labute approximate surface area is 170 Å². The molecule has 0 atom stereocenters. The van der Waals surface area contributed by atoms with Gasteiger partial charge in [-0.2, -0.15) is 11.8 Å². The van der Waals surface area contributed by atoms with E-state index < -0.39 is 0 Å². The summed E-state index contributed by atoms with van der Waals surface area (Å²) in [6.45, 7) is 3.21. The van der Waals surface area contributed by atoms with Crippen LogP contribution in [-0.2, 0) is 10.5 Å². The number of hydrogen-bond acceptors (Lipinski definition) is 3. The van der Waals surface area contributed by atoms with Crippen molar-refractivity contribution in [3.63, 3.8) is 0 Å². The second kappa shape index (κ2) is 11.7. The molecule has 2 N–H and O–H groups in total. The second-order valence-corrected chi connectivity index (χ2v) is 7.80. The van der Waals surface area contributed by atoms with Crippen molar-refractivity contribution in [2.45, 2.75) is 25.5 Å². The smallest absolute Gasteiger partial charge is 0.251 e. The Kier molecular flexibility index (Phi) is 9.22. The van der Waals surface area contributed by atoms with Crippen LogP contribution in [0.3, 0.4) is 0 Å². The van der Waals surface area contributed by atoms with Crippen molar-refractivity contribution in [3.05, 3.63) is 70.2 Å². The molecule has 0 bridgehead atoms. The maximum Gasteiger partial charge on any atom is 0.251 e. The van der Waals surface area contributed by atoms with Crippen molar-refractivity contribution in [2.24, 2.45) is 0 Å². The summed E-state index contributed by atoms with van der Waals surface area (Å²) in [6, 6.07) is 15.2. The minimum absolute atomic E-state index is 0.0201. The van der Waals surface area contributed by atoms with Gasteiger partial charge in [0.2, 0.25) is 5.91 Å². The molecule has 0 saturated carbocycles. The largest absolute Gasteiger partial charge is 0.355 e. The summed E-state index contributed by atoms with van der Waals surface area (Å²) in [5, 5.41) is 6.32. The summed E-state index contributed by atoms with van der Waals surface area (Å²) >= 11 is 7.60. The quantitative estimate of drug-likeness (QED) is 0.583. The highest BCUT2D eigenvalue weighted by Gasteiger charge is 2.05. The first-order valence-electron chi connectivity index (χ1n) is 8.98. The van der Waals surface area contributed by atoms with Crippen LogP contribution in [0.25, 0.3) is 0 Å². The van der Waals surface area contributed by atoms with Gasteiger partial charge in [0.1, 0.15) is 0 Å². The van der Waals surface area contributed by atoms with Gasteiger partial charge in [-0.15, -0.1) is 0 Å². The predicted octanol–water partition coefficient (Wildman–Crippen LogP) is 4.21. The molecule has 0 aliphatic heterocycles. The van der Waals surface area contributed by atoms with Gasteiger partial charge in [0, 0.05) is 41.6 Å². The number of thioether (sulfide) groups is 1. The standard InChI is InChI=1S/C21H25ClN2O2S/c1-16-4-6-17(7-5-16)15-27-14-13-23-20(25)3-2-12-24-21(26)18-8-10-19(22)11-9-18/h4-11H,2-3,12-15H2,1H3,(H,23,25)(H,24,26). The molecular formula is C21H25ClN2O2S. The molecule has 144 valence electrons. The molecule has 2 rings (SSSR count). The predicted molar refractivity (Wildman–Crippen MR) is 113 cm³/mol. The lowest BCUT2D eigenvalue weighted by Crippen LogP contribution is -2.28. The van der Waals surface area contributed by atoms with Crippen molar-refractivity contribution in [1.82, 2.24) is 10.6 Å². The van der Waals surface area contributed by atoms with Crippen LogP contribution in [0.2, 0.25) is 5.02 Å². The molecule has 27 heavy (non-hydrogen) atoms. The zero-order valence-corrected chi connectivity index (χ0v) is 17.0. The first-order valence-corrected chi connectivity index (χ1v) is 10.5. The van der Waals surface area contributed by atoms with E-state index in [-0.39, 0.29) is 11.8 Å². The van der Waals surface area contributed by atoms with Gasteiger partial charge >= 0.3 is 0 Å². The van der Waals surface area contributed by atoms with Gasteiger partial charge < -0.3 is 10.6 Å². The zero-order chi connectivity index (χ0) is 19.5. The van der Waals surface area contributed by atoms with E-state index >= 15 is 0 Å². The van der Waals surface area contributed by atoms with E-state index in [1.54, 1.807) is 36.0 Å². The number of amides is 2. The Hall–Kier alpha value is -1.98. The first-order chi connectivity index (χ1) is 13.0. The van der Waals surface area contributed by atoms with E-state index in [0.717, 1.165) is 11.5 Å². The number of hydrogen-bond donors (Lipinski definition) is 2. The molecular weight excluding hydrogens is 380 g/mol. The summed E-state index contributed by atoms with van der Waals surface area (Å²) in [5.74, 6) is 1.70. The van der Waals surface area contributed by atoms with Crippen LogP contribution in [0.4, 0.5) is 0 Å². The Morgan fingerprint density at radius 1 is 0.963 bits per heavy atom. The highest BCUT2D eigenvalue weighted by molar-refractivity contribution is 7.98. The average molecular weight is 405 g/mol. The number of aryl methyl sites for hydroxylation is 1. The van der Waals surface area contributed by atoms with E-state index in [4.69, 9.17) is 11.6 Å². The van der Waals surface area contributed by atoms with Crippen LogP contribution in [0, 0.1) is 6.92 Å². The fourth-order valence-electron chi connectivity index (χ4n) is 2.38. The van der Waals surface area contributed by atoms with Crippen molar-refractivity contribution < 1.29 is 9.59 Å². The van der Waals surface area contributed by atoms with Gasteiger partial charge in [-0.3, -0.25) is 9.59 Å². The number of nitrogens with one attached hydrogen (secondary N) is 2. The minimum Gasteiger partial charge on any atom is -0.355 e. The Balaban J connectivity index is 1.50. The van der Waals surface area contributed by atoms with E-state index in [0.29, 0.717) is 36.5 Å². The summed E-state index contributed by atoms with van der Waals surface area (Å²) in [7, 11) is 0. The number of halogens is 1. The summed E-state index contributed by atoms with van der Waals surface area (Å²) < 4.78 is 0. The SMILES string of the molecule is Cc1ccc(CSCCNC(=O)CCCNC(=O)c2ccc(Cl)cc2)cc1. The normalized spacial score (nSPS) is 10.4. The third-order valence-electron chi connectivity index (χ3n) is 3.93. The van der Waals surface area contributed by atoms with E-state index in [9.17, 15) is 9.59 Å². The number of rotatable bonds is 10. The lowest BCUT2D eigenvalue weighted by atomic mass is 10.2. The zero-order valence-electron chi connectivity index (χ0n) is 15.5. The molecule has 0 spiro atoms. The molecule has 2 aromatic rings. The fourth-order valence-corrected chi connectivity index (χ4v) is 3.32. The Bertz CT molecular complexity index is 733. The van der Waals surface area contributed by atoms with Crippen molar-refractivity contribution in [1.29, 1.82) is 0 Å². The third-order valence-corrected chi connectivity index (χ3v) is 5.21. The lowest BCUT2D eigenvalue weighted by molar-refractivity contribution is -0.121. The average Bonchev–Trinajstić information content (AvgIpc) is 2.67. The van der Waals surface area contributed by atoms with Crippen LogP contribution in [0.5, 0.6) is 0 Å². The monoisotopic (exact) mass is 404 g/mol. The summed E-state index contributed by atoms with van der Waals surface area (Å²) in [6.07, 6.45) is 1.02. The van der Waals surface area contributed by atoms with Crippen molar-refractivity contribution in [2.75, 3.05) is 18.8 Å². The highest BCUT2D eigenvalue weighted by Crippen LogP contribution is 2.12. The number of carbonyl (C=O) groups excluding carboxylic acids is 2. The maximum atomic E-state index is 11.9. The van der Waals surface area contributed by atoms with E-state index in [2.05, 4.69) is 41.8 Å². The molecule has 0 heterocycles. The number of carbonyl (C=O) groups is 2. The molecule has 0 aromatic heterocycles. The molecule has 0 saturated heterocycles. The van der Waals surface area contributed by atoms with Gasteiger partial charge in [0.05, 0.1) is 0 Å². The second-order valence-electron chi connectivity index (χ2n) is 6.25. The summed E-state index contributed by atoms with van der Waals surface area (Å²) in [5.41, 5.74) is 3.13. The van der Waals surface area contributed by atoms with Crippen molar-refractivity contribution in [3.8, 4) is 0 Å². The van der Waals surface area contributed by atoms with Crippen LogP contribution in [0.1, 0.15) is 34.3 Å². The Morgan fingerprint density at radius 2 is 1.67 bits per heavy atom. The molecule has 0 aliphatic rings. The topological polar surface area (TPSA) is 58.2 Å². The van der Waals surface area contributed by atoms with Gasteiger partial charge in [0.25, 0.3) is 5.91 Å². The van der Waals surface area contributed by atoms with E-state index in [1.807, 2.05) is 0 Å². The Morgan fingerprint density at radius 3 is 2.37 bits per heavy atom. The van der Waals surface area contributed by atoms with Gasteiger partial charge in [-0.05, 0) is 43.2 Å². The van der Waals surface area contributed by atoms with Gasteiger partial charge in [-0.25, -0.2) is 0 Å². The lowest BCUT2D eigenvalue weighted by Gasteiger charge is -2.07. The molecule has 0 aliphatic carbocycles. The number of benzene rings is 2. The molecule has 0 unspecified atom stereocenters. The minimum atomic E-state index is -0.153. The van der Waals surface area contributed by atoms with Crippen LogP contribution in [0.15, 0.2) is 48.5 Å². The molecule has 6 heteroatoms. The molecule has 0 radical (unpaired) electrons. The van der Waals surface area contributed by atoms with E-state index in [1.165, 1.54) is 11.1 Å². The highest BCUT2D eigenvalue weighted by atomic mass is 35.5. The van der Waals surface area contributed by atoms with Crippen LogP contribution in [-0.4, -0.2) is 30.7 Å². The molecule has 2 amide bonds. The summed E-state index contributed by atoms with van der Waals surface area (Å²) in [4.78, 5) is 23.7. The van der Waals surface area contributed by atoms with Gasteiger partial charge in [-0.1, -0.05) is 41.4 Å². The van der Waals surface area contributed by atoms with Gasteiger partial charge in [0.15, 0.2) is 0 Å². The van der Waals surface area contributed by atoms with Crippen molar-refractivity contribution >= 4 is 35.2 Å². The third kappa shape index (κ3) is 8.50. The molecule has 0 fully saturated rings. The first kappa shape index (κ1) is 21.3.